The number of pyridine rings is 1. The lowest BCUT2D eigenvalue weighted by molar-refractivity contribution is 0.149. The van der Waals surface area contributed by atoms with Gasteiger partial charge in [-0.3, -0.25) is 0 Å². The van der Waals surface area contributed by atoms with Crippen molar-refractivity contribution in [2.45, 2.75) is 25.8 Å². The minimum atomic E-state index is -0.349. The van der Waals surface area contributed by atoms with Crippen LogP contribution in [0.2, 0.25) is 0 Å². The Labute approximate surface area is 122 Å². The monoisotopic (exact) mass is 300 g/mol. The topological polar surface area (TPSA) is 51.2 Å². The molecule has 4 nitrogen and oxygen atoms in total. The van der Waals surface area contributed by atoms with Crippen LogP contribution in [0.3, 0.4) is 0 Å². The van der Waals surface area contributed by atoms with Crippen molar-refractivity contribution in [1.29, 1.82) is 0 Å². The Bertz CT molecular complexity index is 380. The van der Waals surface area contributed by atoms with E-state index in [4.69, 9.17) is 4.74 Å². The van der Waals surface area contributed by atoms with Crippen molar-refractivity contribution in [2.75, 3.05) is 18.9 Å². The summed E-state index contributed by atoms with van der Waals surface area (Å²) >= 11 is 0. The maximum atomic E-state index is 11.4. The van der Waals surface area contributed by atoms with Crippen molar-refractivity contribution in [3.63, 3.8) is 0 Å². The molecule has 1 amide bonds. The van der Waals surface area contributed by atoms with Crippen molar-refractivity contribution >= 4 is 27.7 Å². The molecule has 0 atom stereocenters. The highest BCUT2D eigenvalue weighted by Crippen LogP contribution is 2.28. The molecule has 106 valence electrons. The molecule has 0 unspecified atom stereocenters. The molecule has 6 heteroatoms. The van der Waals surface area contributed by atoms with Crippen LogP contribution in [0.4, 0.5) is 4.79 Å². The molecule has 0 fully saturated rings. The summed E-state index contributed by atoms with van der Waals surface area (Å²) in [6.45, 7) is 7.20. The number of aromatic nitrogens is 1. The number of carbonyl (C=O) groups is 1. The molecule has 0 aliphatic heterocycles. The fraction of sp³-hybridized carbons (Fsp3) is 0.538. The fourth-order valence-corrected chi connectivity index (χ4v) is 2.76. The van der Waals surface area contributed by atoms with Crippen LogP contribution >= 0.6 is 21.6 Å². The normalized spacial score (nSPS) is 11.1. The SMILES string of the molecule is CC(C)(C)CNC(=O)OCCSSc1ccccn1. The summed E-state index contributed by atoms with van der Waals surface area (Å²) in [7, 11) is 3.20. The highest BCUT2D eigenvalue weighted by molar-refractivity contribution is 8.76. The van der Waals surface area contributed by atoms with Crippen LogP contribution in [-0.2, 0) is 4.74 Å². The Morgan fingerprint density at radius 1 is 1.42 bits per heavy atom. The first-order valence-corrected chi connectivity index (χ1v) is 8.40. The minimum Gasteiger partial charge on any atom is -0.449 e. The second kappa shape index (κ2) is 8.32. The Morgan fingerprint density at radius 3 is 2.84 bits per heavy atom. The fourth-order valence-electron chi connectivity index (χ4n) is 1.06. The number of rotatable bonds is 6. The summed E-state index contributed by atoms with van der Waals surface area (Å²) in [5, 5.41) is 3.70. The predicted octanol–water partition coefficient (Wildman–Crippen LogP) is 3.59. The van der Waals surface area contributed by atoms with Crippen LogP contribution in [0.25, 0.3) is 0 Å². The average molecular weight is 300 g/mol. The van der Waals surface area contributed by atoms with Gasteiger partial charge in [0.1, 0.15) is 11.6 Å². The number of hydrogen-bond acceptors (Lipinski definition) is 5. The van der Waals surface area contributed by atoms with Crippen molar-refractivity contribution in [1.82, 2.24) is 10.3 Å². The van der Waals surface area contributed by atoms with E-state index in [1.165, 1.54) is 0 Å². The van der Waals surface area contributed by atoms with E-state index >= 15 is 0 Å². The van der Waals surface area contributed by atoms with Gasteiger partial charge in [0, 0.05) is 18.5 Å². The number of amides is 1. The van der Waals surface area contributed by atoms with Crippen molar-refractivity contribution in [3.8, 4) is 0 Å². The molecular formula is C13H20N2O2S2. The van der Waals surface area contributed by atoms with Crippen molar-refractivity contribution < 1.29 is 9.53 Å². The zero-order valence-electron chi connectivity index (χ0n) is 11.5. The van der Waals surface area contributed by atoms with Gasteiger partial charge in [-0.25, -0.2) is 9.78 Å². The minimum absolute atomic E-state index is 0.0720. The van der Waals surface area contributed by atoms with E-state index in [1.807, 2.05) is 18.2 Å². The van der Waals surface area contributed by atoms with E-state index in [0.29, 0.717) is 13.2 Å². The summed E-state index contributed by atoms with van der Waals surface area (Å²) in [5.74, 6) is 0.740. The molecule has 0 aliphatic rings. The van der Waals surface area contributed by atoms with Gasteiger partial charge < -0.3 is 10.1 Å². The standard InChI is InChI=1S/C13H20N2O2S2/c1-13(2,3)10-15-12(16)17-8-9-18-19-11-6-4-5-7-14-11/h4-7H,8-10H2,1-3H3,(H,15,16). The van der Waals surface area contributed by atoms with E-state index in [0.717, 1.165) is 10.8 Å². The number of nitrogens with one attached hydrogen (secondary N) is 1. The number of carbonyl (C=O) groups excluding carboxylic acids is 1. The molecule has 0 saturated carbocycles. The summed E-state index contributed by atoms with van der Waals surface area (Å²) in [6, 6.07) is 5.79. The molecule has 1 aromatic rings. The molecule has 0 bridgehead atoms. The first kappa shape index (κ1) is 16.2. The largest absolute Gasteiger partial charge is 0.449 e. The van der Waals surface area contributed by atoms with Gasteiger partial charge in [-0.05, 0) is 28.3 Å². The van der Waals surface area contributed by atoms with Gasteiger partial charge in [-0.1, -0.05) is 37.6 Å². The summed E-state index contributed by atoms with van der Waals surface area (Å²) in [4.78, 5) is 15.6. The van der Waals surface area contributed by atoms with Crippen LogP contribution < -0.4 is 5.32 Å². The second-order valence-corrected chi connectivity index (χ2v) is 7.56. The first-order valence-electron chi connectivity index (χ1n) is 6.08. The maximum Gasteiger partial charge on any atom is 0.407 e. The lowest BCUT2D eigenvalue weighted by Gasteiger charge is -2.18. The number of ether oxygens (including phenoxy) is 1. The third kappa shape index (κ3) is 8.77. The van der Waals surface area contributed by atoms with Gasteiger partial charge in [0.15, 0.2) is 0 Å². The smallest absolute Gasteiger partial charge is 0.407 e. The Morgan fingerprint density at radius 2 is 2.21 bits per heavy atom. The first-order chi connectivity index (χ1) is 8.97. The molecule has 1 rings (SSSR count). The highest BCUT2D eigenvalue weighted by Gasteiger charge is 2.12. The lowest BCUT2D eigenvalue weighted by atomic mass is 9.97. The summed E-state index contributed by atoms with van der Waals surface area (Å²) in [6.07, 6.45) is 1.41. The average Bonchev–Trinajstić information content (AvgIpc) is 2.36. The predicted molar refractivity (Wildman–Crippen MR) is 81.4 cm³/mol. The molecule has 0 aliphatic carbocycles. The van der Waals surface area contributed by atoms with Crippen molar-refractivity contribution in [2.24, 2.45) is 5.41 Å². The highest BCUT2D eigenvalue weighted by atomic mass is 33.1. The van der Waals surface area contributed by atoms with E-state index in [-0.39, 0.29) is 11.5 Å². The lowest BCUT2D eigenvalue weighted by Crippen LogP contribution is -2.33. The van der Waals surface area contributed by atoms with Crippen LogP contribution in [0.15, 0.2) is 29.4 Å². The zero-order chi connectivity index (χ0) is 14.1. The van der Waals surface area contributed by atoms with Gasteiger partial charge in [0.05, 0.1) is 0 Å². The van der Waals surface area contributed by atoms with Crippen molar-refractivity contribution in [3.05, 3.63) is 24.4 Å². The van der Waals surface area contributed by atoms with E-state index in [9.17, 15) is 4.79 Å². The molecule has 19 heavy (non-hydrogen) atoms. The molecule has 0 radical (unpaired) electrons. The number of alkyl carbamates (subject to hydrolysis) is 1. The summed E-state index contributed by atoms with van der Waals surface area (Å²) in [5.41, 5.74) is 0.0720. The van der Waals surface area contributed by atoms with E-state index < -0.39 is 0 Å². The Balaban J connectivity index is 2.03. The number of hydrogen-bond donors (Lipinski definition) is 1. The molecule has 1 heterocycles. The van der Waals surface area contributed by atoms with Crippen LogP contribution in [0, 0.1) is 5.41 Å². The Kier molecular flexibility index (Phi) is 7.09. The molecular weight excluding hydrogens is 280 g/mol. The maximum absolute atomic E-state index is 11.4. The molecule has 0 saturated heterocycles. The summed E-state index contributed by atoms with van der Waals surface area (Å²) < 4.78 is 5.07. The van der Waals surface area contributed by atoms with Gasteiger partial charge in [-0.15, -0.1) is 0 Å². The molecule has 1 aromatic heterocycles. The van der Waals surface area contributed by atoms with Gasteiger partial charge >= 0.3 is 6.09 Å². The second-order valence-electron chi connectivity index (χ2n) is 5.12. The van der Waals surface area contributed by atoms with E-state index in [2.05, 4.69) is 31.1 Å². The van der Waals surface area contributed by atoms with Crippen LogP contribution in [0.1, 0.15) is 20.8 Å². The molecule has 0 spiro atoms. The quantitative estimate of drug-likeness (QED) is 0.642. The van der Waals surface area contributed by atoms with Gasteiger partial charge in [0.2, 0.25) is 0 Å². The van der Waals surface area contributed by atoms with Gasteiger partial charge in [-0.2, -0.15) is 0 Å². The van der Waals surface area contributed by atoms with Crippen LogP contribution in [0.5, 0.6) is 0 Å². The van der Waals surface area contributed by atoms with Gasteiger partial charge in [0.25, 0.3) is 0 Å². The zero-order valence-corrected chi connectivity index (χ0v) is 13.1. The molecule has 0 aromatic carbocycles. The third-order valence-electron chi connectivity index (χ3n) is 1.94. The Hall–Kier alpha value is -0.880. The third-order valence-corrected chi connectivity index (χ3v) is 4.17. The van der Waals surface area contributed by atoms with Crippen LogP contribution in [-0.4, -0.2) is 30.0 Å². The number of nitrogens with zero attached hydrogens (tertiary/aromatic N) is 1. The van der Waals surface area contributed by atoms with E-state index in [1.54, 1.807) is 27.8 Å². The molecule has 1 N–H and O–H groups in total.